The molecular weight excluding hydrogens is 364 g/mol. The molecule has 0 bridgehead atoms. The third kappa shape index (κ3) is 3.57. The summed E-state index contributed by atoms with van der Waals surface area (Å²) < 4.78 is 33.9. The van der Waals surface area contributed by atoms with E-state index in [0.29, 0.717) is 41.3 Å². The first-order valence-electron chi connectivity index (χ1n) is 9.18. The van der Waals surface area contributed by atoms with Crippen molar-refractivity contribution in [1.82, 2.24) is 0 Å². The number of nitrogens with one attached hydrogen (secondary N) is 2. The van der Waals surface area contributed by atoms with Crippen LogP contribution < -0.4 is 15.5 Å². The van der Waals surface area contributed by atoms with Gasteiger partial charge in [-0.3, -0.25) is 4.79 Å². The van der Waals surface area contributed by atoms with Gasteiger partial charge in [-0.05, 0) is 50.2 Å². The van der Waals surface area contributed by atoms with Crippen molar-refractivity contribution in [3.05, 3.63) is 59.8 Å². The van der Waals surface area contributed by atoms with E-state index in [2.05, 4.69) is 10.6 Å². The molecule has 4 rings (SSSR count). The van der Waals surface area contributed by atoms with Crippen LogP contribution >= 0.6 is 0 Å². The Balaban J connectivity index is 1.54. The molecule has 2 aromatic rings. The molecule has 2 aliphatic rings. The van der Waals surface area contributed by atoms with Gasteiger partial charge < -0.3 is 20.3 Å². The van der Waals surface area contributed by atoms with Gasteiger partial charge in [0.1, 0.15) is 11.6 Å². The summed E-state index contributed by atoms with van der Waals surface area (Å²) in [5.41, 5.74) is 2.35. The van der Waals surface area contributed by atoms with Gasteiger partial charge in [0, 0.05) is 36.2 Å². The van der Waals surface area contributed by atoms with Crippen molar-refractivity contribution in [2.24, 2.45) is 0 Å². The van der Waals surface area contributed by atoms with Crippen LogP contribution in [-0.4, -0.2) is 31.2 Å². The van der Waals surface area contributed by atoms with E-state index in [1.54, 1.807) is 12.1 Å². The smallest absolute Gasteiger partial charge is 0.257 e. The highest BCUT2D eigenvalue weighted by molar-refractivity contribution is 6.31. The highest BCUT2D eigenvalue weighted by Crippen LogP contribution is 2.32. The van der Waals surface area contributed by atoms with Gasteiger partial charge in [0.15, 0.2) is 0 Å². The van der Waals surface area contributed by atoms with Gasteiger partial charge in [-0.1, -0.05) is 0 Å². The summed E-state index contributed by atoms with van der Waals surface area (Å²) in [6.07, 6.45) is 1.53. The first kappa shape index (κ1) is 18.4. The lowest BCUT2D eigenvalue weighted by atomic mass is 10.1. The molecule has 2 aromatic carbocycles. The number of fused-ring (bicyclic) bond motifs is 1. The van der Waals surface area contributed by atoms with Crippen molar-refractivity contribution in [2.75, 3.05) is 28.6 Å². The van der Waals surface area contributed by atoms with Crippen molar-refractivity contribution < 1.29 is 18.3 Å². The monoisotopic (exact) mass is 385 g/mol. The number of amides is 1. The molecule has 0 aliphatic carbocycles. The van der Waals surface area contributed by atoms with Crippen LogP contribution in [0.3, 0.4) is 0 Å². The minimum atomic E-state index is -0.425. The Morgan fingerprint density at radius 3 is 2.61 bits per heavy atom. The van der Waals surface area contributed by atoms with Crippen LogP contribution in [-0.2, 0) is 9.53 Å². The van der Waals surface area contributed by atoms with Gasteiger partial charge in [0.25, 0.3) is 5.91 Å². The predicted octanol–water partition coefficient (Wildman–Crippen LogP) is 3.98. The van der Waals surface area contributed by atoms with Gasteiger partial charge in [0.2, 0.25) is 0 Å². The lowest BCUT2D eigenvalue weighted by Crippen LogP contribution is -2.45. The summed E-state index contributed by atoms with van der Waals surface area (Å²) in [6, 6.07) is 8.95. The molecule has 2 unspecified atom stereocenters. The number of hydrogen-bond acceptors (Lipinski definition) is 4. The molecule has 28 heavy (non-hydrogen) atoms. The van der Waals surface area contributed by atoms with E-state index in [0.717, 1.165) is 0 Å². The molecule has 1 saturated heterocycles. The third-order valence-electron chi connectivity index (χ3n) is 4.86. The fourth-order valence-corrected chi connectivity index (χ4v) is 3.69. The first-order chi connectivity index (χ1) is 13.4. The largest absolute Gasteiger partial charge is 0.372 e. The molecule has 5 nitrogen and oxygen atoms in total. The van der Waals surface area contributed by atoms with Crippen molar-refractivity contribution in [3.63, 3.8) is 0 Å². The van der Waals surface area contributed by atoms with Gasteiger partial charge in [0.05, 0.1) is 23.5 Å². The maximum absolute atomic E-state index is 14.7. The van der Waals surface area contributed by atoms with Gasteiger partial charge >= 0.3 is 0 Å². The van der Waals surface area contributed by atoms with Crippen molar-refractivity contribution in [2.45, 2.75) is 26.1 Å². The summed E-state index contributed by atoms with van der Waals surface area (Å²) in [6.45, 7) is 5.19. The fourth-order valence-electron chi connectivity index (χ4n) is 3.69. The maximum atomic E-state index is 14.7. The lowest BCUT2D eigenvalue weighted by molar-refractivity contribution is -0.110. The average Bonchev–Trinajstić information content (AvgIpc) is 2.93. The number of anilines is 3. The number of benzene rings is 2. The Hall–Kier alpha value is -2.93. The molecule has 0 spiro atoms. The zero-order chi connectivity index (χ0) is 19.8. The Kier molecular flexibility index (Phi) is 4.77. The summed E-state index contributed by atoms with van der Waals surface area (Å²) in [5, 5.41) is 5.61. The minimum absolute atomic E-state index is 0.0343. The molecule has 1 fully saturated rings. The summed E-state index contributed by atoms with van der Waals surface area (Å²) in [4.78, 5) is 14.1. The van der Waals surface area contributed by atoms with Gasteiger partial charge in [-0.2, -0.15) is 0 Å². The molecule has 2 heterocycles. The van der Waals surface area contributed by atoms with Crippen LogP contribution in [0.5, 0.6) is 0 Å². The maximum Gasteiger partial charge on any atom is 0.257 e. The number of nitrogens with zero attached hydrogens (tertiary/aromatic N) is 1. The van der Waals surface area contributed by atoms with Crippen LogP contribution in [0, 0.1) is 11.6 Å². The zero-order valence-corrected chi connectivity index (χ0v) is 15.6. The number of carbonyl (C=O) groups excluding carboxylic acids is 1. The van der Waals surface area contributed by atoms with E-state index in [1.165, 1.54) is 30.5 Å². The van der Waals surface area contributed by atoms with Crippen LogP contribution in [0.25, 0.3) is 5.57 Å². The summed E-state index contributed by atoms with van der Waals surface area (Å²) in [7, 11) is 0. The number of carbonyl (C=O) groups is 1. The Bertz CT molecular complexity index is 951. The molecule has 2 aliphatic heterocycles. The van der Waals surface area contributed by atoms with Crippen LogP contribution in [0.2, 0.25) is 0 Å². The van der Waals surface area contributed by atoms with Crippen LogP contribution in [0.1, 0.15) is 19.4 Å². The molecule has 2 atom stereocenters. The van der Waals surface area contributed by atoms with E-state index in [9.17, 15) is 13.6 Å². The number of halogens is 2. The Morgan fingerprint density at radius 1 is 1.14 bits per heavy atom. The number of hydrogen-bond donors (Lipinski definition) is 2. The van der Waals surface area contributed by atoms with Crippen molar-refractivity contribution in [1.29, 1.82) is 0 Å². The van der Waals surface area contributed by atoms with Crippen molar-refractivity contribution in [3.8, 4) is 0 Å². The Morgan fingerprint density at radius 2 is 1.89 bits per heavy atom. The molecule has 1 amide bonds. The van der Waals surface area contributed by atoms with Crippen LogP contribution in [0.15, 0.2) is 42.6 Å². The first-order valence-corrected chi connectivity index (χ1v) is 9.18. The highest BCUT2D eigenvalue weighted by atomic mass is 19.1. The zero-order valence-electron chi connectivity index (χ0n) is 15.6. The van der Waals surface area contributed by atoms with Gasteiger partial charge in [-0.15, -0.1) is 0 Å². The third-order valence-corrected chi connectivity index (χ3v) is 4.86. The standard InChI is InChI=1S/C21H21F2N3O2/c1-12-10-26(11-13(2)28-12)20-6-4-15(8-18(20)23)24-9-17-16-7-14(22)3-5-19(16)25-21(17)27/h3-9,12-13,24H,10-11H2,1-2H3,(H,25,27). The molecule has 7 heteroatoms. The molecule has 0 aromatic heterocycles. The number of morpholine rings is 1. The van der Waals surface area contributed by atoms with E-state index >= 15 is 0 Å². The second kappa shape index (κ2) is 7.24. The number of rotatable bonds is 3. The summed E-state index contributed by atoms with van der Waals surface area (Å²) in [5.74, 6) is -1.11. The molecule has 146 valence electrons. The van der Waals surface area contributed by atoms with Crippen molar-refractivity contribution >= 4 is 28.5 Å². The topological polar surface area (TPSA) is 53.6 Å². The predicted molar refractivity (Wildman–Crippen MR) is 105 cm³/mol. The van der Waals surface area contributed by atoms with E-state index in [-0.39, 0.29) is 23.9 Å². The van der Waals surface area contributed by atoms with Crippen LogP contribution in [0.4, 0.5) is 25.8 Å². The normalized spacial score (nSPS) is 22.9. The SMILES string of the molecule is CC1CN(c2ccc(NC=C3C(=O)Nc4ccc(F)cc43)cc2F)CC(C)O1. The minimum Gasteiger partial charge on any atom is -0.372 e. The second-order valence-corrected chi connectivity index (χ2v) is 7.17. The fraction of sp³-hybridized carbons (Fsp3) is 0.286. The molecular formula is C21H21F2N3O2. The van der Waals surface area contributed by atoms with E-state index in [1.807, 2.05) is 18.7 Å². The van der Waals surface area contributed by atoms with E-state index in [4.69, 9.17) is 4.74 Å². The van der Waals surface area contributed by atoms with Gasteiger partial charge in [-0.25, -0.2) is 8.78 Å². The van der Waals surface area contributed by atoms with E-state index < -0.39 is 5.82 Å². The highest BCUT2D eigenvalue weighted by Gasteiger charge is 2.25. The molecule has 0 radical (unpaired) electrons. The lowest BCUT2D eigenvalue weighted by Gasteiger charge is -2.37. The molecule has 0 saturated carbocycles. The summed E-state index contributed by atoms with van der Waals surface area (Å²) >= 11 is 0. The molecule has 2 N–H and O–H groups in total. The Labute approximate surface area is 162 Å². The quantitative estimate of drug-likeness (QED) is 0.785. The average molecular weight is 385 g/mol. The second-order valence-electron chi connectivity index (χ2n) is 7.17. The number of ether oxygens (including phenoxy) is 1.